The molecule has 0 bridgehead atoms. The summed E-state index contributed by atoms with van der Waals surface area (Å²) in [5.74, 6) is 0. The molecule has 0 heterocycles. The molecule has 0 aliphatic rings. The standard InChI is InChI=1S/C7H9OP/c8-5-6-1-3-7(9)4-2-6/h1-4,8H,5,9H2. The van der Waals surface area contributed by atoms with Crippen LogP contribution in [0.15, 0.2) is 24.3 Å². The molecule has 1 nitrogen and oxygen atoms in total. The van der Waals surface area contributed by atoms with Gasteiger partial charge in [0, 0.05) is 0 Å². The Labute approximate surface area is 56.9 Å². The summed E-state index contributed by atoms with van der Waals surface area (Å²) in [5, 5.41) is 9.77. The molecule has 0 fully saturated rings. The lowest BCUT2D eigenvalue weighted by Crippen LogP contribution is -1.89. The maximum Gasteiger partial charge on any atom is 0.0681 e. The molecule has 0 aliphatic carbocycles. The van der Waals surface area contributed by atoms with Crippen LogP contribution in [0.1, 0.15) is 5.56 Å². The number of hydrogen-bond acceptors (Lipinski definition) is 1. The first kappa shape index (κ1) is 6.73. The van der Waals surface area contributed by atoms with E-state index in [1.807, 2.05) is 24.3 Å². The van der Waals surface area contributed by atoms with E-state index in [4.69, 9.17) is 5.11 Å². The van der Waals surface area contributed by atoms with Crippen LogP contribution >= 0.6 is 9.24 Å². The van der Waals surface area contributed by atoms with Crippen molar-refractivity contribution in [2.75, 3.05) is 0 Å². The second kappa shape index (κ2) is 2.95. The van der Waals surface area contributed by atoms with Crippen LogP contribution in [0.5, 0.6) is 0 Å². The van der Waals surface area contributed by atoms with E-state index in [2.05, 4.69) is 9.24 Å². The fourth-order valence-corrected chi connectivity index (χ4v) is 0.815. The lowest BCUT2D eigenvalue weighted by atomic mass is 10.2. The molecule has 0 saturated heterocycles. The van der Waals surface area contributed by atoms with Crippen molar-refractivity contribution in [3.05, 3.63) is 29.8 Å². The Hall–Kier alpha value is -0.390. The monoisotopic (exact) mass is 140 g/mol. The molecule has 0 amide bonds. The summed E-state index contributed by atoms with van der Waals surface area (Å²) in [4.78, 5) is 0. The average molecular weight is 140 g/mol. The molecule has 0 aliphatic heterocycles. The minimum Gasteiger partial charge on any atom is -0.392 e. The van der Waals surface area contributed by atoms with Crippen molar-refractivity contribution in [3.8, 4) is 0 Å². The van der Waals surface area contributed by atoms with E-state index < -0.39 is 0 Å². The number of aliphatic hydroxyl groups is 1. The van der Waals surface area contributed by atoms with E-state index in [-0.39, 0.29) is 6.61 Å². The van der Waals surface area contributed by atoms with E-state index in [0.717, 1.165) is 10.9 Å². The van der Waals surface area contributed by atoms with E-state index in [1.165, 1.54) is 0 Å². The van der Waals surface area contributed by atoms with Gasteiger partial charge >= 0.3 is 0 Å². The van der Waals surface area contributed by atoms with Crippen molar-refractivity contribution in [2.45, 2.75) is 6.61 Å². The van der Waals surface area contributed by atoms with Gasteiger partial charge in [0.25, 0.3) is 0 Å². The van der Waals surface area contributed by atoms with Gasteiger partial charge in [-0.2, -0.15) is 0 Å². The highest BCUT2D eigenvalue weighted by Crippen LogP contribution is 1.97. The molecular weight excluding hydrogens is 131 g/mol. The summed E-state index contributed by atoms with van der Waals surface area (Å²) in [6.45, 7) is 0.130. The molecule has 1 N–H and O–H groups in total. The molecule has 2 heteroatoms. The highest BCUT2D eigenvalue weighted by atomic mass is 31.0. The van der Waals surface area contributed by atoms with Crippen molar-refractivity contribution < 1.29 is 5.11 Å². The Morgan fingerprint density at radius 1 is 1.22 bits per heavy atom. The molecule has 0 radical (unpaired) electrons. The third-order valence-corrected chi connectivity index (χ3v) is 1.55. The summed E-state index contributed by atoms with van der Waals surface area (Å²) in [7, 11) is 2.59. The third-order valence-electron chi connectivity index (χ3n) is 1.16. The summed E-state index contributed by atoms with van der Waals surface area (Å²) in [5.41, 5.74) is 0.959. The van der Waals surface area contributed by atoms with Gasteiger partial charge in [0.05, 0.1) is 6.61 Å². The van der Waals surface area contributed by atoms with Crippen molar-refractivity contribution >= 4 is 14.5 Å². The smallest absolute Gasteiger partial charge is 0.0681 e. The molecule has 1 rings (SSSR count). The molecule has 0 aromatic heterocycles. The van der Waals surface area contributed by atoms with Crippen molar-refractivity contribution in [1.29, 1.82) is 0 Å². The highest BCUT2D eigenvalue weighted by Gasteiger charge is 1.85. The van der Waals surface area contributed by atoms with Crippen LogP contribution in [-0.2, 0) is 6.61 Å². The SMILES string of the molecule is OCc1ccc(P)cc1. The maximum atomic E-state index is 8.62. The van der Waals surface area contributed by atoms with Crippen molar-refractivity contribution in [1.82, 2.24) is 0 Å². The molecule has 9 heavy (non-hydrogen) atoms. The maximum absolute atomic E-state index is 8.62. The number of rotatable bonds is 1. The van der Waals surface area contributed by atoms with Gasteiger partial charge in [-0.15, -0.1) is 9.24 Å². The fourth-order valence-electron chi connectivity index (χ4n) is 0.623. The molecule has 1 aromatic rings. The van der Waals surface area contributed by atoms with E-state index >= 15 is 0 Å². The lowest BCUT2D eigenvalue weighted by Gasteiger charge is -1.93. The van der Waals surface area contributed by atoms with E-state index in [1.54, 1.807) is 0 Å². The minimum absolute atomic E-state index is 0.130. The average Bonchev–Trinajstić information content (AvgIpc) is 1.90. The van der Waals surface area contributed by atoms with Gasteiger partial charge in [-0.3, -0.25) is 0 Å². The van der Waals surface area contributed by atoms with Crippen LogP contribution in [0, 0.1) is 0 Å². The largest absolute Gasteiger partial charge is 0.392 e. The number of benzene rings is 1. The summed E-state index contributed by atoms with van der Waals surface area (Å²) in [6.07, 6.45) is 0. The van der Waals surface area contributed by atoms with Crippen LogP contribution < -0.4 is 5.30 Å². The zero-order chi connectivity index (χ0) is 6.69. The molecule has 1 unspecified atom stereocenters. The second-order valence-corrected chi connectivity index (χ2v) is 2.57. The molecule has 0 spiro atoms. The van der Waals surface area contributed by atoms with Gasteiger partial charge in [0.1, 0.15) is 0 Å². The Morgan fingerprint density at radius 3 is 2.22 bits per heavy atom. The lowest BCUT2D eigenvalue weighted by molar-refractivity contribution is 0.282. The predicted molar refractivity (Wildman–Crippen MR) is 41.7 cm³/mol. The Morgan fingerprint density at radius 2 is 1.78 bits per heavy atom. The van der Waals surface area contributed by atoms with E-state index in [9.17, 15) is 0 Å². The molecule has 48 valence electrons. The van der Waals surface area contributed by atoms with Gasteiger partial charge in [-0.05, 0) is 10.9 Å². The summed E-state index contributed by atoms with van der Waals surface area (Å²) in [6, 6.07) is 7.72. The molecule has 0 saturated carbocycles. The van der Waals surface area contributed by atoms with Crippen LogP contribution in [0.4, 0.5) is 0 Å². The molecule has 1 aromatic carbocycles. The number of aliphatic hydroxyl groups excluding tert-OH is 1. The molecule has 1 atom stereocenters. The van der Waals surface area contributed by atoms with Crippen LogP contribution in [0.2, 0.25) is 0 Å². The number of hydrogen-bond donors (Lipinski definition) is 1. The summed E-state index contributed by atoms with van der Waals surface area (Å²) < 4.78 is 0. The Balaban J connectivity index is 2.88. The second-order valence-electron chi connectivity index (χ2n) is 1.90. The fraction of sp³-hybridized carbons (Fsp3) is 0.143. The zero-order valence-corrected chi connectivity index (χ0v) is 6.20. The van der Waals surface area contributed by atoms with Gasteiger partial charge in [0.2, 0.25) is 0 Å². The van der Waals surface area contributed by atoms with Crippen molar-refractivity contribution in [3.63, 3.8) is 0 Å². The normalized spacial score (nSPS) is 9.56. The topological polar surface area (TPSA) is 20.2 Å². The first-order chi connectivity index (χ1) is 4.33. The van der Waals surface area contributed by atoms with E-state index in [0.29, 0.717) is 0 Å². The molecular formula is C7H9OP. The van der Waals surface area contributed by atoms with Gasteiger partial charge in [-0.1, -0.05) is 24.3 Å². The van der Waals surface area contributed by atoms with Crippen LogP contribution in [0.25, 0.3) is 0 Å². The predicted octanol–water partition coefficient (Wildman–Crippen LogP) is 0.679. The zero-order valence-electron chi connectivity index (χ0n) is 5.04. The van der Waals surface area contributed by atoms with Crippen LogP contribution in [-0.4, -0.2) is 5.11 Å². The Kier molecular flexibility index (Phi) is 2.21. The van der Waals surface area contributed by atoms with Gasteiger partial charge in [-0.25, -0.2) is 0 Å². The van der Waals surface area contributed by atoms with Crippen LogP contribution in [0.3, 0.4) is 0 Å². The first-order valence-corrected chi connectivity index (χ1v) is 3.36. The quantitative estimate of drug-likeness (QED) is 0.569. The Bertz CT molecular complexity index is 181. The van der Waals surface area contributed by atoms with Gasteiger partial charge < -0.3 is 5.11 Å². The van der Waals surface area contributed by atoms with Gasteiger partial charge in [0.15, 0.2) is 0 Å². The third kappa shape index (κ3) is 1.78. The van der Waals surface area contributed by atoms with Crippen molar-refractivity contribution in [2.24, 2.45) is 0 Å². The first-order valence-electron chi connectivity index (χ1n) is 2.78. The highest BCUT2D eigenvalue weighted by molar-refractivity contribution is 7.27. The minimum atomic E-state index is 0.130. The summed E-state index contributed by atoms with van der Waals surface area (Å²) >= 11 is 0.